The molecule has 0 aliphatic carbocycles. The summed E-state index contributed by atoms with van der Waals surface area (Å²) < 4.78 is 44.1. The number of ether oxygens (including phenoxy) is 2. The minimum atomic E-state index is -0.652. The molecule has 2 aromatic heterocycles. The van der Waals surface area contributed by atoms with E-state index < -0.39 is 5.82 Å². The number of hydrogen-bond donors (Lipinski definition) is 1. The smallest absolute Gasteiger partial charge is 0.319 e. The van der Waals surface area contributed by atoms with Crippen LogP contribution in [0.4, 0.5) is 14.6 Å². The van der Waals surface area contributed by atoms with Gasteiger partial charge in [0.1, 0.15) is 35.2 Å². The topological polar surface area (TPSA) is 83.8 Å². The minimum absolute atomic E-state index is 0.00141. The van der Waals surface area contributed by atoms with Crippen molar-refractivity contribution in [3.8, 4) is 23.0 Å². The number of anilines is 1. The number of halogens is 2. The van der Waals surface area contributed by atoms with E-state index in [1.807, 2.05) is 6.92 Å². The molecular weight excluding hydrogens is 564 g/mol. The highest BCUT2D eigenvalue weighted by atomic mass is 19.1. The van der Waals surface area contributed by atoms with Crippen molar-refractivity contribution in [1.82, 2.24) is 19.9 Å². The zero-order chi connectivity index (χ0) is 30.2. The molecule has 2 bridgehead atoms. The molecule has 230 valence electrons. The van der Waals surface area contributed by atoms with E-state index in [-0.39, 0.29) is 40.4 Å². The minimum Gasteiger partial charge on any atom is -0.508 e. The Balaban J connectivity index is 1.27. The van der Waals surface area contributed by atoms with Crippen molar-refractivity contribution in [3.05, 3.63) is 47.7 Å². The van der Waals surface area contributed by atoms with Gasteiger partial charge in [0.2, 0.25) is 0 Å². The quantitative estimate of drug-likeness (QED) is 0.294. The summed E-state index contributed by atoms with van der Waals surface area (Å²) >= 11 is 0. The SMILES string of the molecule is CCc1c(F)ccc2cc(O)cc(-c3ncc4c(N5C[C@@H]6CO[C@@H](C6)C5)nc(OC[C@@]56CCCN5C[C@H](C)C6)nc4c3F)c12. The molecule has 6 heterocycles. The molecule has 2 aromatic carbocycles. The van der Waals surface area contributed by atoms with Gasteiger partial charge < -0.3 is 19.5 Å². The molecule has 4 atom stereocenters. The highest BCUT2D eigenvalue weighted by Gasteiger charge is 2.48. The zero-order valence-corrected chi connectivity index (χ0v) is 25.2. The summed E-state index contributed by atoms with van der Waals surface area (Å²) in [7, 11) is 0. The summed E-state index contributed by atoms with van der Waals surface area (Å²) in [6, 6.07) is 6.13. The van der Waals surface area contributed by atoms with Crippen LogP contribution in [0.15, 0.2) is 30.5 Å². The standard InChI is InChI=1S/C34H37F2N5O3/c1-3-24-27(35)6-5-21-10-22(42)11-25(28(21)24)30-29(36)31-26(13-37-30)32(40-15-20-9-23(16-40)43-17-20)39-33(38-31)44-18-34-7-4-8-41(34)14-19(2)12-34/h5-6,10-11,13,19-20,23,42H,3-4,7-9,12,14-18H2,1-2H3/t19-,20-,23+,34+/m1/s1. The van der Waals surface area contributed by atoms with Gasteiger partial charge in [0, 0.05) is 37.3 Å². The Hall–Kier alpha value is -3.63. The number of phenolic OH excluding ortho intramolecular Hbond substituents is 1. The molecule has 0 spiro atoms. The maximum atomic E-state index is 16.8. The Morgan fingerprint density at radius 2 is 2.05 bits per heavy atom. The van der Waals surface area contributed by atoms with Crippen LogP contribution in [-0.2, 0) is 11.2 Å². The second kappa shape index (κ2) is 10.5. The first-order valence-electron chi connectivity index (χ1n) is 15.9. The van der Waals surface area contributed by atoms with Crippen molar-refractivity contribution in [1.29, 1.82) is 0 Å². The number of pyridine rings is 1. The summed E-state index contributed by atoms with van der Waals surface area (Å²) in [5, 5.41) is 12.2. The fraction of sp³-hybridized carbons (Fsp3) is 0.500. The molecular formula is C34H37F2N5O3. The van der Waals surface area contributed by atoms with Crippen molar-refractivity contribution in [3.63, 3.8) is 0 Å². The van der Waals surface area contributed by atoms with Crippen LogP contribution in [0.5, 0.6) is 11.8 Å². The summed E-state index contributed by atoms with van der Waals surface area (Å²) in [6.07, 6.45) is 6.37. The van der Waals surface area contributed by atoms with E-state index in [0.29, 0.717) is 71.1 Å². The molecule has 4 saturated heterocycles. The van der Waals surface area contributed by atoms with Gasteiger partial charge in [-0.15, -0.1) is 0 Å². The van der Waals surface area contributed by atoms with Crippen LogP contribution in [-0.4, -0.2) is 76.0 Å². The van der Waals surface area contributed by atoms with Crippen LogP contribution in [0.1, 0.15) is 45.1 Å². The number of phenols is 1. The molecule has 10 heteroatoms. The average molecular weight is 602 g/mol. The number of aromatic nitrogens is 3. The third-order valence-electron chi connectivity index (χ3n) is 10.2. The van der Waals surface area contributed by atoms with E-state index in [1.54, 1.807) is 18.3 Å². The lowest BCUT2D eigenvalue weighted by molar-refractivity contribution is 0.107. The molecule has 4 aromatic rings. The first kappa shape index (κ1) is 27.9. The first-order valence-corrected chi connectivity index (χ1v) is 15.9. The molecule has 0 saturated carbocycles. The lowest BCUT2D eigenvalue weighted by Gasteiger charge is -2.33. The number of fused-ring (bicyclic) bond motifs is 5. The second-order valence-corrected chi connectivity index (χ2v) is 13.3. The van der Waals surface area contributed by atoms with Crippen LogP contribution >= 0.6 is 0 Å². The number of aryl methyl sites for hydroxylation is 1. The summed E-state index contributed by atoms with van der Waals surface area (Å²) in [5.74, 6) is 0.483. The van der Waals surface area contributed by atoms with Crippen molar-refractivity contribution in [2.75, 3.05) is 44.3 Å². The van der Waals surface area contributed by atoms with Crippen molar-refractivity contribution < 1.29 is 23.4 Å². The maximum Gasteiger partial charge on any atom is 0.319 e. The molecule has 0 unspecified atom stereocenters. The van der Waals surface area contributed by atoms with E-state index >= 15 is 4.39 Å². The predicted octanol–water partition coefficient (Wildman–Crippen LogP) is 5.87. The molecule has 4 fully saturated rings. The zero-order valence-electron chi connectivity index (χ0n) is 25.2. The van der Waals surface area contributed by atoms with E-state index in [2.05, 4.69) is 26.7 Å². The Bertz CT molecular complexity index is 1770. The monoisotopic (exact) mass is 601 g/mol. The van der Waals surface area contributed by atoms with Gasteiger partial charge in [0.05, 0.1) is 23.6 Å². The van der Waals surface area contributed by atoms with E-state index in [0.717, 1.165) is 45.3 Å². The van der Waals surface area contributed by atoms with Crippen LogP contribution < -0.4 is 9.64 Å². The van der Waals surface area contributed by atoms with Crippen molar-refractivity contribution in [2.45, 2.75) is 57.6 Å². The molecule has 0 radical (unpaired) electrons. The summed E-state index contributed by atoms with van der Waals surface area (Å²) in [5.41, 5.74) is 0.824. The molecule has 1 N–H and O–H groups in total. The third-order valence-corrected chi connectivity index (χ3v) is 10.2. The molecule has 44 heavy (non-hydrogen) atoms. The fourth-order valence-electron chi connectivity index (χ4n) is 8.41. The molecule has 4 aliphatic heterocycles. The molecule has 4 aliphatic rings. The lowest BCUT2D eigenvalue weighted by atomic mass is 9.92. The summed E-state index contributed by atoms with van der Waals surface area (Å²) in [4.78, 5) is 18.8. The second-order valence-electron chi connectivity index (χ2n) is 13.3. The van der Waals surface area contributed by atoms with Crippen LogP contribution in [0.3, 0.4) is 0 Å². The number of hydrogen-bond acceptors (Lipinski definition) is 8. The van der Waals surface area contributed by atoms with E-state index in [4.69, 9.17) is 14.5 Å². The maximum absolute atomic E-state index is 16.8. The first-order chi connectivity index (χ1) is 21.3. The van der Waals surface area contributed by atoms with Gasteiger partial charge >= 0.3 is 6.01 Å². The van der Waals surface area contributed by atoms with Gasteiger partial charge in [-0.05, 0) is 79.1 Å². The van der Waals surface area contributed by atoms with Gasteiger partial charge in [-0.1, -0.05) is 19.9 Å². The van der Waals surface area contributed by atoms with E-state index in [1.165, 1.54) is 12.1 Å². The van der Waals surface area contributed by atoms with Gasteiger partial charge in [-0.25, -0.2) is 8.78 Å². The highest BCUT2D eigenvalue weighted by molar-refractivity contribution is 6.01. The van der Waals surface area contributed by atoms with Crippen molar-refractivity contribution >= 4 is 27.5 Å². The third kappa shape index (κ3) is 4.48. The number of nitrogens with zero attached hydrogens (tertiary/aromatic N) is 5. The van der Waals surface area contributed by atoms with Gasteiger partial charge in [-0.2, -0.15) is 9.97 Å². The number of piperidine rings is 1. The summed E-state index contributed by atoms with van der Waals surface area (Å²) in [6.45, 7) is 8.82. The van der Waals surface area contributed by atoms with E-state index in [9.17, 15) is 9.50 Å². The van der Waals surface area contributed by atoms with Gasteiger partial charge in [0.15, 0.2) is 5.82 Å². The largest absolute Gasteiger partial charge is 0.508 e. The normalized spacial score (nSPS) is 26.6. The highest BCUT2D eigenvalue weighted by Crippen LogP contribution is 2.43. The Morgan fingerprint density at radius 3 is 2.89 bits per heavy atom. The van der Waals surface area contributed by atoms with Gasteiger partial charge in [-0.3, -0.25) is 9.88 Å². The predicted molar refractivity (Wildman–Crippen MR) is 164 cm³/mol. The number of rotatable bonds is 6. The Labute approximate surface area is 255 Å². The number of aromatic hydroxyl groups is 1. The van der Waals surface area contributed by atoms with Crippen LogP contribution in [0, 0.1) is 23.5 Å². The number of benzene rings is 2. The lowest BCUT2D eigenvalue weighted by Crippen LogP contribution is -2.43. The van der Waals surface area contributed by atoms with Crippen LogP contribution in [0.25, 0.3) is 32.9 Å². The Kier molecular flexibility index (Phi) is 6.64. The van der Waals surface area contributed by atoms with Crippen molar-refractivity contribution in [2.24, 2.45) is 11.8 Å². The molecule has 8 nitrogen and oxygen atoms in total. The average Bonchev–Trinajstić information content (AvgIpc) is 3.66. The fourth-order valence-corrected chi connectivity index (χ4v) is 8.41. The molecule has 8 rings (SSSR count). The molecule has 0 amide bonds. The Morgan fingerprint density at radius 1 is 1.16 bits per heavy atom. The van der Waals surface area contributed by atoms with Crippen LogP contribution in [0.2, 0.25) is 0 Å². The van der Waals surface area contributed by atoms with Gasteiger partial charge in [0.25, 0.3) is 0 Å².